The number of nitrogens with zero attached hydrogens (tertiary/aromatic N) is 2. The Bertz CT molecular complexity index is 1340. The van der Waals surface area contributed by atoms with Crippen molar-refractivity contribution < 1.29 is 27.9 Å². The molecule has 0 saturated heterocycles. The van der Waals surface area contributed by atoms with E-state index in [0.29, 0.717) is 11.3 Å². The van der Waals surface area contributed by atoms with Gasteiger partial charge in [0.05, 0.1) is 17.0 Å². The number of aliphatic hydroxyl groups is 1. The average Bonchev–Trinajstić information content (AvgIpc) is 2.92. The van der Waals surface area contributed by atoms with Crippen molar-refractivity contribution in [2.45, 2.75) is 50.8 Å². The van der Waals surface area contributed by atoms with Crippen molar-refractivity contribution in [2.24, 2.45) is 5.92 Å². The van der Waals surface area contributed by atoms with E-state index in [1.807, 2.05) is 44.2 Å². The zero-order valence-electron chi connectivity index (χ0n) is 22.9. The molecule has 3 aromatic rings. The van der Waals surface area contributed by atoms with Crippen LogP contribution in [0.15, 0.2) is 84.0 Å². The lowest BCUT2D eigenvalue weighted by Gasteiger charge is -2.30. The van der Waals surface area contributed by atoms with Gasteiger partial charge >= 0.3 is 6.09 Å². The van der Waals surface area contributed by atoms with Gasteiger partial charge in [-0.15, -0.1) is 0 Å². The van der Waals surface area contributed by atoms with E-state index in [4.69, 9.17) is 4.74 Å². The Morgan fingerprint density at radius 3 is 2.25 bits per heavy atom. The van der Waals surface area contributed by atoms with Crippen molar-refractivity contribution in [3.63, 3.8) is 0 Å². The smallest absolute Gasteiger partial charge is 0.407 e. The Morgan fingerprint density at radius 2 is 1.65 bits per heavy atom. The van der Waals surface area contributed by atoms with Crippen LogP contribution in [-0.4, -0.2) is 60.0 Å². The number of carbonyl (C=O) groups is 2. The second kappa shape index (κ2) is 14.5. The monoisotopic (exact) mass is 568 g/mol. The van der Waals surface area contributed by atoms with E-state index in [9.17, 15) is 23.1 Å². The van der Waals surface area contributed by atoms with Crippen LogP contribution < -0.4 is 10.6 Å². The summed E-state index contributed by atoms with van der Waals surface area (Å²) in [4.78, 5) is 28.0. The van der Waals surface area contributed by atoms with Crippen molar-refractivity contribution in [2.75, 3.05) is 18.4 Å². The molecular formula is C29H36N4O6S. The van der Waals surface area contributed by atoms with Gasteiger partial charge < -0.3 is 20.5 Å². The minimum Gasteiger partial charge on any atom is -0.445 e. The molecule has 0 aliphatic carbocycles. The Balaban J connectivity index is 1.79. The van der Waals surface area contributed by atoms with E-state index in [-0.39, 0.29) is 42.8 Å². The first-order valence-electron chi connectivity index (χ1n) is 13.0. The number of aliphatic hydroxyl groups excluding tert-OH is 1. The predicted molar refractivity (Wildman–Crippen MR) is 152 cm³/mol. The quantitative estimate of drug-likeness (QED) is 0.287. The number of sulfonamides is 1. The second-order valence-corrected chi connectivity index (χ2v) is 11.8. The average molecular weight is 569 g/mol. The van der Waals surface area contributed by atoms with Crippen LogP contribution in [0.25, 0.3) is 0 Å². The molecule has 0 radical (unpaired) electrons. The van der Waals surface area contributed by atoms with Gasteiger partial charge in [0, 0.05) is 43.7 Å². The summed E-state index contributed by atoms with van der Waals surface area (Å²) in [6.07, 6.45) is 1.46. The summed E-state index contributed by atoms with van der Waals surface area (Å²) in [5.41, 5.74) is 2.03. The molecule has 3 N–H and O–H groups in total. The van der Waals surface area contributed by atoms with Crippen LogP contribution in [0.1, 0.15) is 31.9 Å². The molecule has 0 spiro atoms. The third-order valence-corrected chi connectivity index (χ3v) is 7.78. The largest absolute Gasteiger partial charge is 0.445 e. The summed E-state index contributed by atoms with van der Waals surface area (Å²) in [6.45, 7) is 5.01. The van der Waals surface area contributed by atoms with E-state index in [0.717, 1.165) is 5.56 Å². The molecule has 1 unspecified atom stereocenters. The van der Waals surface area contributed by atoms with Gasteiger partial charge in [-0.1, -0.05) is 50.2 Å². The Labute approximate surface area is 235 Å². The van der Waals surface area contributed by atoms with E-state index in [1.165, 1.54) is 35.5 Å². The number of aromatic nitrogens is 1. The number of nitrogens with one attached hydrogen (secondary N) is 2. The summed E-state index contributed by atoms with van der Waals surface area (Å²) in [6, 6.07) is 17.8. The Kier molecular flexibility index (Phi) is 11.2. The van der Waals surface area contributed by atoms with Gasteiger partial charge in [0.2, 0.25) is 15.9 Å². The molecule has 0 saturated carbocycles. The molecule has 3 rings (SSSR count). The van der Waals surface area contributed by atoms with Crippen LogP contribution in [0.5, 0.6) is 0 Å². The van der Waals surface area contributed by atoms with Crippen LogP contribution in [-0.2, 0) is 32.6 Å². The molecule has 2 atom stereocenters. The Hall–Kier alpha value is -3.80. The first kappa shape index (κ1) is 30.7. The molecule has 10 nitrogen and oxygen atoms in total. The zero-order chi connectivity index (χ0) is 29.1. The van der Waals surface area contributed by atoms with E-state index in [1.54, 1.807) is 24.5 Å². The third kappa shape index (κ3) is 9.44. The van der Waals surface area contributed by atoms with Gasteiger partial charge in [-0.05, 0) is 48.2 Å². The number of amides is 2. The van der Waals surface area contributed by atoms with Gasteiger partial charge in [-0.3, -0.25) is 9.78 Å². The van der Waals surface area contributed by atoms with Crippen molar-refractivity contribution in [3.8, 4) is 0 Å². The molecule has 2 amide bonds. The van der Waals surface area contributed by atoms with Crippen molar-refractivity contribution in [1.29, 1.82) is 0 Å². The fourth-order valence-corrected chi connectivity index (χ4v) is 5.67. The van der Waals surface area contributed by atoms with Crippen LogP contribution >= 0.6 is 0 Å². The maximum absolute atomic E-state index is 13.6. The lowest BCUT2D eigenvalue weighted by Crippen LogP contribution is -2.51. The van der Waals surface area contributed by atoms with Gasteiger partial charge in [0.1, 0.15) is 6.61 Å². The molecule has 0 fully saturated rings. The minimum atomic E-state index is -4.01. The number of hydrogen-bond acceptors (Lipinski definition) is 7. The molecular weight excluding hydrogens is 532 g/mol. The third-order valence-electron chi connectivity index (χ3n) is 5.93. The zero-order valence-corrected chi connectivity index (χ0v) is 23.7. The molecule has 1 aromatic heterocycles. The normalized spacial score (nSPS) is 13.1. The standard InChI is InChI=1S/C29H36N4O6S/c1-21(2)18-33(40(37,38)26-13-11-25(12-14-26)31-22(3)34)19-28(35)27(16-23-8-5-4-6-9-23)32-29(36)39-20-24-10-7-15-30-17-24/h4-15,17,21,27-28,35H,16,18-20H2,1-3H3,(H,31,34)(H,32,36)/t27?,28-/m0/s1. The first-order valence-corrected chi connectivity index (χ1v) is 14.4. The van der Waals surface area contributed by atoms with Crippen LogP contribution in [0.2, 0.25) is 0 Å². The molecule has 2 aromatic carbocycles. The topological polar surface area (TPSA) is 138 Å². The summed E-state index contributed by atoms with van der Waals surface area (Å²) in [5.74, 6) is -0.304. The van der Waals surface area contributed by atoms with E-state index >= 15 is 0 Å². The maximum Gasteiger partial charge on any atom is 0.407 e. The fourth-order valence-electron chi connectivity index (χ4n) is 4.05. The lowest BCUT2D eigenvalue weighted by atomic mass is 10.0. The second-order valence-electron chi connectivity index (χ2n) is 9.87. The summed E-state index contributed by atoms with van der Waals surface area (Å²) in [5, 5.41) is 16.6. The van der Waals surface area contributed by atoms with Crippen molar-refractivity contribution >= 4 is 27.7 Å². The molecule has 0 aliphatic rings. The SMILES string of the molecule is CC(=O)Nc1ccc(S(=O)(=O)N(CC(C)C)C[C@H](O)C(Cc2ccccc2)NC(=O)OCc2cccnc2)cc1. The number of benzene rings is 2. The maximum atomic E-state index is 13.6. The van der Waals surface area contributed by atoms with Gasteiger partial charge in [-0.25, -0.2) is 13.2 Å². The summed E-state index contributed by atoms with van der Waals surface area (Å²) >= 11 is 0. The van der Waals surface area contributed by atoms with Crippen molar-refractivity contribution in [1.82, 2.24) is 14.6 Å². The number of alkyl carbamates (subject to hydrolysis) is 1. The molecule has 0 bridgehead atoms. The summed E-state index contributed by atoms with van der Waals surface area (Å²) < 4.78 is 33.8. The van der Waals surface area contributed by atoms with Gasteiger partial charge in [0.25, 0.3) is 0 Å². The number of hydrogen-bond donors (Lipinski definition) is 3. The van der Waals surface area contributed by atoms with E-state index in [2.05, 4.69) is 15.6 Å². The van der Waals surface area contributed by atoms with Gasteiger partial charge in [-0.2, -0.15) is 4.31 Å². The number of rotatable bonds is 13. The van der Waals surface area contributed by atoms with Crippen LogP contribution in [0.4, 0.5) is 10.5 Å². The van der Waals surface area contributed by atoms with Crippen LogP contribution in [0.3, 0.4) is 0 Å². The molecule has 11 heteroatoms. The number of anilines is 1. The molecule has 40 heavy (non-hydrogen) atoms. The molecule has 0 aliphatic heterocycles. The first-order chi connectivity index (χ1) is 19.0. The summed E-state index contributed by atoms with van der Waals surface area (Å²) in [7, 11) is -4.01. The fraction of sp³-hybridized carbons (Fsp3) is 0.345. The minimum absolute atomic E-state index is 0.00381. The molecule has 1 heterocycles. The highest BCUT2D eigenvalue weighted by molar-refractivity contribution is 7.89. The highest BCUT2D eigenvalue weighted by Crippen LogP contribution is 2.21. The number of ether oxygens (including phenoxy) is 1. The number of carbonyl (C=O) groups excluding carboxylic acids is 2. The highest BCUT2D eigenvalue weighted by atomic mass is 32.2. The lowest BCUT2D eigenvalue weighted by molar-refractivity contribution is -0.114. The predicted octanol–water partition coefficient (Wildman–Crippen LogP) is 3.59. The number of pyridine rings is 1. The van der Waals surface area contributed by atoms with E-state index < -0.39 is 28.3 Å². The molecule has 214 valence electrons. The Morgan fingerprint density at radius 1 is 0.975 bits per heavy atom. The van der Waals surface area contributed by atoms with Crippen molar-refractivity contribution in [3.05, 3.63) is 90.3 Å². The highest BCUT2D eigenvalue weighted by Gasteiger charge is 2.31. The van der Waals surface area contributed by atoms with Gasteiger partial charge in [0.15, 0.2) is 0 Å². The van der Waals surface area contributed by atoms with Crippen LogP contribution in [0, 0.1) is 5.92 Å².